The molecule has 0 heterocycles. The van der Waals surface area contributed by atoms with Crippen molar-refractivity contribution in [2.45, 2.75) is 117 Å². The number of hydrogen-bond acceptors (Lipinski definition) is 0. The average Bonchev–Trinajstić information content (AvgIpc) is 2.60. The normalized spacial score (nSPS) is 11.1. The Bertz CT molecular complexity index is 346. The van der Waals surface area contributed by atoms with E-state index < -0.39 is 0 Å². The van der Waals surface area contributed by atoms with Gasteiger partial charge in [0.15, 0.2) is 0 Å². The van der Waals surface area contributed by atoms with Gasteiger partial charge in [-0.2, -0.15) is 0 Å². The molecule has 0 N–H and O–H groups in total. The van der Waals surface area contributed by atoms with E-state index in [9.17, 15) is 0 Å². The summed E-state index contributed by atoms with van der Waals surface area (Å²) in [7, 11) is 0. The minimum atomic E-state index is 1.22. The molecular weight excluding hydrogens is 288 g/mol. The zero-order valence-corrected chi connectivity index (χ0v) is 16.5. The van der Waals surface area contributed by atoms with Crippen molar-refractivity contribution in [2.75, 3.05) is 0 Å². The fourth-order valence-corrected chi connectivity index (χ4v) is 3.43. The van der Waals surface area contributed by atoms with Crippen LogP contribution in [0.3, 0.4) is 0 Å². The first-order chi connectivity index (χ1) is 11.9. The van der Waals surface area contributed by atoms with E-state index in [1.54, 1.807) is 0 Å². The molecule has 0 aromatic heterocycles. The maximum atomic E-state index is 3.44. The molecule has 0 atom stereocenters. The Morgan fingerprint density at radius 3 is 1.71 bits per heavy atom. The van der Waals surface area contributed by atoms with E-state index >= 15 is 0 Å². The second-order valence-electron chi connectivity index (χ2n) is 7.46. The molecule has 0 aliphatic heterocycles. The molecule has 0 unspecified atom stereocenters. The number of rotatable bonds is 16. The van der Waals surface area contributed by atoms with Crippen molar-refractivity contribution in [3.05, 3.63) is 35.4 Å². The van der Waals surface area contributed by atoms with E-state index in [4.69, 9.17) is 0 Å². The molecule has 1 rings (SSSR count). The summed E-state index contributed by atoms with van der Waals surface area (Å²) in [5.41, 5.74) is 2.96. The molecule has 0 aliphatic rings. The maximum Gasteiger partial charge on any atom is -0.0149 e. The van der Waals surface area contributed by atoms with Gasteiger partial charge in [-0.1, -0.05) is 109 Å². The van der Waals surface area contributed by atoms with Crippen LogP contribution >= 0.6 is 0 Å². The van der Waals surface area contributed by atoms with Gasteiger partial charge in [0.1, 0.15) is 0 Å². The van der Waals surface area contributed by atoms with Crippen LogP contribution in [0.4, 0.5) is 0 Å². The Hall–Kier alpha value is -0.780. The lowest BCUT2D eigenvalue weighted by Gasteiger charge is -2.06. The summed E-state index contributed by atoms with van der Waals surface area (Å²) in [5.74, 6) is 0. The van der Waals surface area contributed by atoms with Crippen LogP contribution in [0.5, 0.6) is 0 Å². The second-order valence-corrected chi connectivity index (χ2v) is 7.46. The summed E-state index contributed by atoms with van der Waals surface area (Å²) in [5, 5.41) is 0. The topological polar surface area (TPSA) is 0 Å². The maximum absolute atomic E-state index is 3.44. The monoisotopic (exact) mass is 329 g/mol. The molecule has 0 saturated carbocycles. The molecule has 1 aromatic rings. The largest absolute Gasteiger partial charge is 0.0654 e. The van der Waals surface area contributed by atoms with Gasteiger partial charge in [0, 0.05) is 0 Å². The highest BCUT2D eigenvalue weighted by molar-refractivity contribution is 5.22. The molecule has 0 spiro atoms. The van der Waals surface area contributed by atoms with Gasteiger partial charge in [-0.3, -0.25) is 0 Å². The van der Waals surface area contributed by atoms with Crippen LogP contribution in [0.1, 0.15) is 115 Å². The van der Waals surface area contributed by atoms with Gasteiger partial charge in [0.25, 0.3) is 0 Å². The van der Waals surface area contributed by atoms with E-state index in [0.717, 1.165) is 0 Å². The van der Waals surface area contributed by atoms with Gasteiger partial charge < -0.3 is 0 Å². The van der Waals surface area contributed by atoms with Crippen LogP contribution in [0.15, 0.2) is 18.2 Å². The van der Waals surface area contributed by atoms with Crippen LogP contribution in [0.25, 0.3) is 0 Å². The molecule has 1 aromatic carbocycles. The molecule has 0 heteroatoms. The van der Waals surface area contributed by atoms with Crippen LogP contribution in [0.2, 0.25) is 0 Å². The molecule has 0 aliphatic carbocycles. The van der Waals surface area contributed by atoms with Crippen molar-refractivity contribution in [1.29, 1.82) is 0 Å². The quantitative estimate of drug-likeness (QED) is 0.269. The lowest BCUT2D eigenvalue weighted by atomic mass is 10.00. The Morgan fingerprint density at radius 2 is 1.12 bits per heavy atom. The number of benzene rings is 1. The van der Waals surface area contributed by atoms with Crippen molar-refractivity contribution in [3.63, 3.8) is 0 Å². The molecule has 0 bridgehead atoms. The molecule has 137 valence electrons. The Balaban J connectivity index is 2.08. The highest BCUT2D eigenvalue weighted by atomic mass is 14.0. The lowest BCUT2D eigenvalue weighted by molar-refractivity contribution is 0.587. The van der Waals surface area contributed by atoms with Crippen LogP contribution in [-0.2, 0) is 12.8 Å². The van der Waals surface area contributed by atoms with Crippen molar-refractivity contribution in [3.8, 4) is 0 Å². The van der Waals surface area contributed by atoms with Gasteiger partial charge >= 0.3 is 0 Å². The summed E-state index contributed by atoms with van der Waals surface area (Å²) >= 11 is 0. The Morgan fingerprint density at radius 1 is 0.625 bits per heavy atom. The summed E-state index contributed by atoms with van der Waals surface area (Å²) in [6.45, 7) is 4.58. The highest BCUT2D eigenvalue weighted by Crippen LogP contribution is 2.14. The van der Waals surface area contributed by atoms with Gasteiger partial charge in [0.2, 0.25) is 0 Å². The van der Waals surface area contributed by atoms with E-state index in [1.807, 2.05) is 0 Å². The van der Waals surface area contributed by atoms with E-state index in [0.29, 0.717) is 0 Å². The third-order valence-corrected chi connectivity index (χ3v) is 5.04. The van der Waals surface area contributed by atoms with Crippen LogP contribution < -0.4 is 0 Å². The zero-order chi connectivity index (χ0) is 17.3. The van der Waals surface area contributed by atoms with Gasteiger partial charge in [-0.25, -0.2) is 0 Å². The lowest BCUT2D eigenvalue weighted by Crippen LogP contribution is -1.91. The predicted molar refractivity (Wildman–Crippen MR) is 109 cm³/mol. The summed E-state index contributed by atoms with van der Waals surface area (Å²) in [6, 6.07) is 10.3. The van der Waals surface area contributed by atoms with Crippen molar-refractivity contribution in [2.24, 2.45) is 0 Å². The fourth-order valence-electron chi connectivity index (χ4n) is 3.43. The van der Waals surface area contributed by atoms with Crippen molar-refractivity contribution < 1.29 is 0 Å². The minimum absolute atomic E-state index is 1.22. The average molecular weight is 330 g/mol. The summed E-state index contributed by atoms with van der Waals surface area (Å²) in [4.78, 5) is 0. The Kier molecular flexibility index (Phi) is 13.9. The molecule has 1 radical (unpaired) electrons. The van der Waals surface area contributed by atoms with Gasteiger partial charge in [-0.05, 0) is 42.9 Å². The van der Waals surface area contributed by atoms with E-state index in [2.05, 4.69) is 38.1 Å². The number of hydrogen-bond donors (Lipinski definition) is 0. The first-order valence-electron chi connectivity index (χ1n) is 10.9. The smallest absolute Gasteiger partial charge is 0.0149 e. The number of aryl methyl sites for hydroxylation is 2. The first-order valence-corrected chi connectivity index (χ1v) is 10.9. The van der Waals surface area contributed by atoms with Crippen molar-refractivity contribution >= 4 is 0 Å². The third kappa shape index (κ3) is 11.7. The SMILES string of the molecule is CCCCCCCCCc1[c]ccc(CCCCCCCCC)c1. The fraction of sp³-hybridized carbons (Fsp3) is 0.750. The van der Waals surface area contributed by atoms with E-state index in [-0.39, 0.29) is 0 Å². The molecule has 0 saturated heterocycles. The Labute approximate surface area is 152 Å². The first kappa shape index (κ1) is 21.3. The number of unbranched alkanes of at least 4 members (excludes halogenated alkanes) is 12. The molecule has 0 fully saturated rings. The standard InChI is InChI=1S/C24H41/c1-3-5-7-9-11-13-15-18-23-20-17-21-24(22-23)19-16-14-12-10-8-6-4-2/h17,20,22H,3-16,18-19H2,1-2H3. The zero-order valence-electron chi connectivity index (χ0n) is 16.5. The molecule has 0 amide bonds. The minimum Gasteiger partial charge on any atom is -0.0654 e. The second kappa shape index (κ2) is 15.7. The van der Waals surface area contributed by atoms with E-state index in [1.165, 1.54) is 114 Å². The van der Waals surface area contributed by atoms with Crippen LogP contribution in [0, 0.1) is 6.07 Å². The predicted octanol–water partition coefficient (Wildman–Crippen LogP) is 8.07. The molecular formula is C24H41. The third-order valence-electron chi connectivity index (χ3n) is 5.04. The van der Waals surface area contributed by atoms with Crippen molar-refractivity contribution in [1.82, 2.24) is 0 Å². The summed E-state index contributed by atoms with van der Waals surface area (Å²) in [6.07, 6.45) is 22.0. The molecule has 0 nitrogen and oxygen atoms in total. The highest BCUT2D eigenvalue weighted by Gasteiger charge is 1.99. The molecule has 24 heavy (non-hydrogen) atoms. The summed E-state index contributed by atoms with van der Waals surface area (Å²) < 4.78 is 0. The van der Waals surface area contributed by atoms with Crippen LogP contribution in [-0.4, -0.2) is 0 Å². The van der Waals surface area contributed by atoms with Gasteiger partial charge in [-0.15, -0.1) is 0 Å². The van der Waals surface area contributed by atoms with Gasteiger partial charge in [0.05, 0.1) is 0 Å².